The summed E-state index contributed by atoms with van der Waals surface area (Å²) >= 11 is 0. The molecule has 3 nitrogen and oxygen atoms in total. The molecule has 1 aromatic carbocycles. The zero-order valence-electron chi connectivity index (χ0n) is 7.29. The summed E-state index contributed by atoms with van der Waals surface area (Å²) in [6.45, 7) is 0.567. The summed E-state index contributed by atoms with van der Waals surface area (Å²) in [6, 6.07) is 9.66. The molecule has 70 valence electrons. The number of urea groups is 1. The molecular weight excluding hydrogens is 183 g/mol. The number of benzene rings is 1. The SMILES string of the molecule is O=C(NCP)NCc1ccccc1. The van der Waals surface area contributed by atoms with Gasteiger partial charge in [0.05, 0.1) is 0 Å². The lowest BCUT2D eigenvalue weighted by molar-refractivity contribution is 0.242. The van der Waals surface area contributed by atoms with Crippen LogP contribution in [0.25, 0.3) is 0 Å². The molecule has 1 atom stereocenters. The van der Waals surface area contributed by atoms with Gasteiger partial charge in [-0.25, -0.2) is 4.79 Å². The summed E-state index contributed by atoms with van der Waals surface area (Å²) in [6.07, 6.45) is 0.570. The first-order chi connectivity index (χ1) is 6.33. The second kappa shape index (κ2) is 5.55. The topological polar surface area (TPSA) is 41.1 Å². The van der Waals surface area contributed by atoms with Crippen molar-refractivity contribution in [3.8, 4) is 0 Å². The molecule has 0 fully saturated rings. The molecule has 0 aliphatic heterocycles. The molecule has 0 aliphatic carbocycles. The van der Waals surface area contributed by atoms with E-state index in [1.807, 2.05) is 30.3 Å². The molecule has 0 aromatic heterocycles. The largest absolute Gasteiger partial charge is 0.335 e. The van der Waals surface area contributed by atoms with E-state index in [1.165, 1.54) is 0 Å². The van der Waals surface area contributed by atoms with Gasteiger partial charge in [0.2, 0.25) is 0 Å². The second-order valence-electron chi connectivity index (χ2n) is 2.55. The summed E-state index contributed by atoms with van der Waals surface area (Å²) < 4.78 is 0. The van der Waals surface area contributed by atoms with E-state index >= 15 is 0 Å². The molecule has 0 spiro atoms. The van der Waals surface area contributed by atoms with Gasteiger partial charge in [-0.2, -0.15) is 0 Å². The normalized spacial score (nSPS) is 9.31. The molecule has 0 radical (unpaired) electrons. The van der Waals surface area contributed by atoms with Crippen LogP contribution in [0.5, 0.6) is 0 Å². The minimum Gasteiger partial charge on any atom is -0.335 e. The number of amides is 2. The van der Waals surface area contributed by atoms with Crippen LogP contribution >= 0.6 is 9.24 Å². The Morgan fingerprint density at radius 1 is 1.23 bits per heavy atom. The standard InChI is InChI=1S/C9H13N2OP/c12-9(11-7-13)10-6-8-4-2-1-3-5-8/h1-5H,6-7,13H2,(H2,10,11,12). The maximum atomic E-state index is 11.0. The Balaban J connectivity index is 2.31. The van der Waals surface area contributed by atoms with Crippen molar-refractivity contribution in [2.45, 2.75) is 6.54 Å². The fourth-order valence-corrected chi connectivity index (χ4v) is 1.12. The number of rotatable bonds is 3. The molecule has 0 saturated carbocycles. The molecule has 1 unspecified atom stereocenters. The van der Waals surface area contributed by atoms with Gasteiger partial charge < -0.3 is 10.6 Å². The van der Waals surface area contributed by atoms with Gasteiger partial charge in [0.25, 0.3) is 0 Å². The molecule has 0 saturated heterocycles. The average Bonchev–Trinajstić information content (AvgIpc) is 2.17. The molecule has 0 heterocycles. The molecule has 1 aromatic rings. The van der Waals surface area contributed by atoms with Gasteiger partial charge in [-0.15, -0.1) is 9.24 Å². The molecule has 2 N–H and O–H groups in total. The third kappa shape index (κ3) is 3.90. The minimum atomic E-state index is -0.140. The van der Waals surface area contributed by atoms with Crippen molar-refractivity contribution in [1.29, 1.82) is 0 Å². The predicted molar refractivity (Wildman–Crippen MR) is 56.4 cm³/mol. The molecule has 13 heavy (non-hydrogen) atoms. The third-order valence-corrected chi connectivity index (χ3v) is 1.76. The van der Waals surface area contributed by atoms with Crippen molar-refractivity contribution in [3.63, 3.8) is 0 Å². The van der Waals surface area contributed by atoms with Crippen molar-refractivity contribution in [3.05, 3.63) is 35.9 Å². The van der Waals surface area contributed by atoms with Crippen LogP contribution in [-0.2, 0) is 6.54 Å². The van der Waals surface area contributed by atoms with Crippen LogP contribution in [0.1, 0.15) is 5.56 Å². The number of hydrogen-bond donors (Lipinski definition) is 2. The smallest absolute Gasteiger partial charge is 0.315 e. The van der Waals surface area contributed by atoms with E-state index in [1.54, 1.807) is 0 Å². The van der Waals surface area contributed by atoms with Gasteiger partial charge >= 0.3 is 6.03 Å². The lowest BCUT2D eigenvalue weighted by Gasteiger charge is -2.04. The van der Waals surface area contributed by atoms with E-state index in [2.05, 4.69) is 19.9 Å². The van der Waals surface area contributed by atoms with Crippen molar-refractivity contribution >= 4 is 15.3 Å². The van der Waals surface area contributed by atoms with Crippen LogP contribution < -0.4 is 10.6 Å². The first-order valence-electron chi connectivity index (χ1n) is 4.08. The maximum Gasteiger partial charge on any atom is 0.315 e. The van der Waals surface area contributed by atoms with E-state index < -0.39 is 0 Å². The minimum absolute atomic E-state index is 0.140. The molecule has 1 rings (SSSR count). The Hall–Kier alpha value is -1.08. The first kappa shape index (κ1) is 10.0. The van der Waals surface area contributed by atoms with Crippen molar-refractivity contribution in [1.82, 2.24) is 10.6 Å². The Labute approximate surface area is 80.1 Å². The second-order valence-corrected chi connectivity index (χ2v) is 2.96. The van der Waals surface area contributed by atoms with Crippen molar-refractivity contribution < 1.29 is 4.79 Å². The highest BCUT2D eigenvalue weighted by Gasteiger charge is 1.96. The Kier molecular flexibility index (Phi) is 4.27. The van der Waals surface area contributed by atoms with E-state index in [0.717, 1.165) is 5.56 Å². The molecule has 0 bridgehead atoms. The molecule has 4 heteroatoms. The van der Waals surface area contributed by atoms with Gasteiger partial charge in [0.15, 0.2) is 0 Å². The van der Waals surface area contributed by atoms with Crippen LogP contribution in [-0.4, -0.2) is 12.3 Å². The number of hydrogen-bond acceptors (Lipinski definition) is 1. The number of carbonyl (C=O) groups excluding carboxylic acids is 1. The van der Waals surface area contributed by atoms with E-state index in [4.69, 9.17) is 0 Å². The van der Waals surface area contributed by atoms with Crippen LogP contribution in [0, 0.1) is 0 Å². The van der Waals surface area contributed by atoms with Crippen LogP contribution in [0.4, 0.5) is 4.79 Å². The summed E-state index contributed by atoms with van der Waals surface area (Å²) in [4.78, 5) is 11.0. The fourth-order valence-electron chi connectivity index (χ4n) is 0.933. The van der Waals surface area contributed by atoms with Gasteiger partial charge in [0, 0.05) is 12.8 Å². The summed E-state index contributed by atoms with van der Waals surface area (Å²) in [7, 11) is 2.43. The molecular formula is C9H13N2OP. The Morgan fingerprint density at radius 2 is 1.92 bits per heavy atom. The Morgan fingerprint density at radius 3 is 2.54 bits per heavy atom. The maximum absolute atomic E-state index is 11.0. The summed E-state index contributed by atoms with van der Waals surface area (Å²) in [5.41, 5.74) is 1.10. The number of nitrogens with one attached hydrogen (secondary N) is 2. The lowest BCUT2D eigenvalue weighted by atomic mass is 10.2. The van der Waals surface area contributed by atoms with Crippen molar-refractivity contribution in [2.24, 2.45) is 0 Å². The zero-order chi connectivity index (χ0) is 9.52. The zero-order valence-corrected chi connectivity index (χ0v) is 8.44. The molecule has 0 aliphatic rings. The highest BCUT2D eigenvalue weighted by atomic mass is 31.0. The highest BCUT2D eigenvalue weighted by Crippen LogP contribution is 1.96. The Bertz CT molecular complexity index is 264. The highest BCUT2D eigenvalue weighted by molar-refractivity contribution is 7.16. The van der Waals surface area contributed by atoms with Crippen LogP contribution in [0.3, 0.4) is 0 Å². The first-order valence-corrected chi connectivity index (χ1v) is 4.90. The number of carbonyl (C=O) groups is 1. The van der Waals surface area contributed by atoms with Crippen molar-refractivity contribution in [2.75, 3.05) is 6.29 Å². The van der Waals surface area contributed by atoms with E-state index in [-0.39, 0.29) is 6.03 Å². The fraction of sp³-hybridized carbons (Fsp3) is 0.222. The monoisotopic (exact) mass is 196 g/mol. The van der Waals surface area contributed by atoms with Crippen LogP contribution in [0.15, 0.2) is 30.3 Å². The summed E-state index contributed by atoms with van der Waals surface area (Å²) in [5.74, 6) is 0. The van der Waals surface area contributed by atoms with Gasteiger partial charge in [-0.3, -0.25) is 0 Å². The van der Waals surface area contributed by atoms with Gasteiger partial charge in [0.1, 0.15) is 0 Å². The predicted octanol–water partition coefficient (Wildman–Crippen LogP) is 1.32. The third-order valence-electron chi connectivity index (χ3n) is 1.56. The van der Waals surface area contributed by atoms with E-state index in [9.17, 15) is 4.79 Å². The molecule has 2 amide bonds. The summed E-state index contributed by atoms with van der Waals surface area (Å²) in [5, 5.41) is 5.37. The average molecular weight is 196 g/mol. The lowest BCUT2D eigenvalue weighted by Crippen LogP contribution is -2.33. The quantitative estimate of drug-likeness (QED) is 0.703. The van der Waals surface area contributed by atoms with Crippen LogP contribution in [0.2, 0.25) is 0 Å². The van der Waals surface area contributed by atoms with Gasteiger partial charge in [-0.1, -0.05) is 30.3 Å². The van der Waals surface area contributed by atoms with Gasteiger partial charge in [-0.05, 0) is 5.56 Å². The van der Waals surface area contributed by atoms with E-state index in [0.29, 0.717) is 12.8 Å².